The van der Waals surface area contributed by atoms with Crippen molar-refractivity contribution in [1.29, 1.82) is 0 Å². The van der Waals surface area contributed by atoms with Crippen LogP contribution in [-0.2, 0) is 12.8 Å². The quantitative estimate of drug-likeness (QED) is 0.695. The Hall–Kier alpha value is -2.48. The Kier molecular flexibility index (Phi) is 4.27. The normalized spacial score (nSPS) is 17.2. The first-order valence-electron chi connectivity index (χ1n) is 9.59. The molecule has 0 spiro atoms. The maximum Gasteiger partial charge on any atom is 0.185 e. The van der Waals surface area contributed by atoms with Crippen LogP contribution in [0, 0.1) is 6.92 Å². The molecule has 5 rings (SSSR count). The third-order valence-electron chi connectivity index (χ3n) is 5.30. The predicted octanol–water partition coefficient (Wildman–Crippen LogP) is 2.63. The van der Waals surface area contributed by atoms with Crippen molar-refractivity contribution < 1.29 is 0 Å². The number of rotatable bonds is 3. The number of fused-ring (bicyclic) bond motifs is 1. The zero-order chi connectivity index (χ0) is 18.2. The van der Waals surface area contributed by atoms with Crippen LogP contribution in [-0.4, -0.2) is 50.9 Å². The molecule has 0 atom stereocenters. The molecule has 0 unspecified atom stereocenters. The number of aryl methyl sites for hydroxylation is 3. The number of hydrogen-bond acceptors (Lipinski definition) is 7. The van der Waals surface area contributed by atoms with Crippen LogP contribution >= 0.6 is 11.3 Å². The second-order valence-electron chi connectivity index (χ2n) is 7.18. The Morgan fingerprint density at radius 1 is 0.963 bits per heavy atom. The van der Waals surface area contributed by atoms with Gasteiger partial charge in [-0.15, -0.1) is 11.3 Å². The molecule has 0 aromatic carbocycles. The van der Waals surface area contributed by atoms with Crippen LogP contribution in [0.1, 0.15) is 29.1 Å². The topological polar surface area (TPSA) is 63.0 Å². The van der Waals surface area contributed by atoms with E-state index in [0.29, 0.717) is 0 Å². The molecule has 0 saturated carbocycles. The molecule has 1 saturated heterocycles. The minimum absolute atomic E-state index is 0.808. The highest BCUT2D eigenvalue weighted by atomic mass is 32.1. The van der Waals surface area contributed by atoms with Crippen molar-refractivity contribution in [2.45, 2.75) is 32.6 Å². The van der Waals surface area contributed by atoms with Crippen LogP contribution in [0.25, 0.3) is 5.82 Å². The molecule has 8 heteroatoms. The van der Waals surface area contributed by atoms with Crippen molar-refractivity contribution in [1.82, 2.24) is 24.7 Å². The fourth-order valence-electron chi connectivity index (χ4n) is 3.78. The minimum atomic E-state index is 0.808. The molecule has 2 aliphatic rings. The molecule has 140 valence electrons. The van der Waals surface area contributed by atoms with Crippen molar-refractivity contribution in [2.24, 2.45) is 0 Å². The summed E-state index contributed by atoms with van der Waals surface area (Å²) in [5, 5.41) is 5.65. The van der Waals surface area contributed by atoms with Gasteiger partial charge in [-0.2, -0.15) is 5.10 Å². The van der Waals surface area contributed by atoms with Gasteiger partial charge in [0.15, 0.2) is 10.9 Å². The Morgan fingerprint density at radius 3 is 2.52 bits per heavy atom. The minimum Gasteiger partial charge on any atom is -0.353 e. The van der Waals surface area contributed by atoms with Gasteiger partial charge in [0.25, 0.3) is 0 Å². The van der Waals surface area contributed by atoms with Gasteiger partial charge in [0, 0.05) is 43.3 Å². The van der Waals surface area contributed by atoms with Crippen molar-refractivity contribution in [3.63, 3.8) is 0 Å². The zero-order valence-corrected chi connectivity index (χ0v) is 16.3. The Bertz CT molecular complexity index is 916. The van der Waals surface area contributed by atoms with Crippen molar-refractivity contribution in [3.05, 3.63) is 40.9 Å². The summed E-state index contributed by atoms with van der Waals surface area (Å²) >= 11 is 1.90. The number of hydrogen-bond donors (Lipinski definition) is 0. The summed E-state index contributed by atoms with van der Waals surface area (Å²) in [6, 6.07) is 4.00. The number of anilines is 2. The summed E-state index contributed by atoms with van der Waals surface area (Å²) in [6.45, 7) is 5.82. The summed E-state index contributed by atoms with van der Waals surface area (Å²) in [5.74, 6) is 1.77. The molecule has 0 bridgehead atoms. The fraction of sp³-hybridized carbons (Fsp3) is 0.474. The second-order valence-corrected chi connectivity index (χ2v) is 8.25. The number of thiazole rings is 1. The van der Waals surface area contributed by atoms with Gasteiger partial charge in [-0.3, -0.25) is 0 Å². The maximum atomic E-state index is 4.92. The van der Waals surface area contributed by atoms with Gasteiger partial charge < -0.3 is 9.80 Å². The molecule has 7 nitrogen and oxygen atoms in total. The van der Waals surface area contributed by atoms with Gasteiger partial charge in [-0.25, -0.2) is 19.6 Å². The van der Waals surface area contributed by atoms with Crippen LogP contribution in [0.15, 0.2) is 24.7 Å². The number of nitrogens with zero attached hydrogens (tertiary/aromatic N) is 7. The monoisotopic (exact) mass is 381 g/mol. The average molecular weight is 382 g/mol. The van der Waals surface area contributed by atoms with Gasteiger partial charge >= 0.3 is 0 Å². The van der Waals surface area contributed by atoms with E-state index in [4.69, 9.17) is 4.98 Å². The van der Waals surface area contributed by atoms with Crippen LogP contribution in [0.4, 0.5) is 10.9 Å². The summed E-state index contributed by atoms with van der Waals surface area (Å²) in [7, 11) is 0. The Morgan fingerprint density at radius 2 is 1.74 bits per heavy atom. The first-order chi connectivity index (χ1) is 13.3. The lowest BCUT2D eigenvalue weighted by Crippen LogP contribution is -2.46. The van der Waals surface area contributed by atoms with Crippen LogP contribution in [0.3, 0.4) is 0 Å². The molecule has 1 aliphatic heterocycles. The van der Waals surface area contributed by atoms with Crippen molar-refractivity contribution >= 4 is 22.3 Å². The maximum absolute atomic E-state index is 4.92. The van der Waals surface area contributed by atoms with E-state index in [-0.39, 0.29) is 0 Å². The summed E-state index contributed by atoms with van der Waals surface area (Å²) in [5.41, 5.74) is 2.33. The van der Waals surface area contributed by atoms with E-state index in [9.17, 15) is 0 Å². The third kappa shape index (κ3) is 3.29. The average Bonchev–Trinajstić information content (AvgIpc) is 3.34. The highest BCUT2D eigenvalue weighted by Crippen LogP contribution is 2.32. The zero-order valence-electron chi connectivity index (χ0n) is 15.5. The standard InChI is InChI=1S/C19H23N7S/c1-14-6-7-26(23-14)18-12-17(20-13-21-18)24-8-10-25(11-9-24)19-22-15-4-2-3-5-16(15)27-19/h6-7,12-13H,2-5,8-11H2,1H3. The Labute approximate surface area is 162 Å². The van der Waals surface area contributed by atoms with E-state index >= 15 is 0 Å². The van der Waals surface area contributed by atoms with Crippen LogP contribution < -0.4 is 9.80 Å². The molecule has 27 heavy (non-hydrogen) atoms. The molecule has 0 amide bonds. The van der Waals surface area contributed by atoms with Crippen LogP contribution in [0.2, 0.25) is 0 Å². The van der Waals surface area contributed by atoms with E-state index in [0.717, 1.165) is 49.9 Å². The van der Waals surface area contributed by atoms with Gasteiger partial charge in [-0.05, 0) is 38.7 Å². The molecule has 3 aromatic rings. The highest BCUT2D eigenvalue weighted by molar-refractivity contribution is 7.15. The van der Waals surface area contributed by atoms with E-state index < -0.39 is 0 Å². The summed E-state index contributed by atoms with van der Waals surface area (Å²) < 4.78 is 1.80. The first-order valence-corrected chi connectivity index (χ1v) is 10.4. The van der Waals surface area contributed by atoms with Gasteiger partial charge in [0.05, 0.1) is 11.4 Å². The van der Waals surface area contributed by atoms with E-state index in [2.05, 4.69) is 24.9 Å². The lowest BCUT2D eigenvalue weighted by Gasteiger charge is -2.35. The first kappa shape index (κ1) is 16.7. The van der Waals surface area contributed by atoms with E-state index in [1.165, 1.54) is 35.0 Å². The van der Waals surface area contributed by atoms with E-state index in [1.807, 2.05) is 36.6 Å². The number of aromatic nitrogens is 5. The van der Waals surface area contributed by atoms with E-state index in [1.54, 1.807) is 11.0 Å². The number of piperazine rings is 1. The van der Waals surface area contributed by atoms with Gasteiger partial charge in [0.2, 0.25) is 0 Å². The largest absolute Gasteiger partial charge is 0.353 e. The molecule has 1 fully saturated rings. The van der Waals surface area contributed by atoms with Gasteiger partial charge in [-0.1, -0.05) is 0 Å². The molecule has 1 aliphatic carbocycles. The lowest BCUT2D eigenvalue weighted by atomic mass is 10.0. The fourth-order valence-corrected chi connectivity index (χ4v) is 4.98. The lowest BCUT2D eigenvalue weighted by molar-refractivity contribution is 0.641. The smallest absolute Gasteiger partial charge is 0.185 e. The predicted molar refractivity (Wildman–Crippen MR) is 107 cm³/mol. The molecule has 0 N–H and O–H groups in total. The van der Waals surface area contributed by atoms with Crippen LogP contribution in [0.5, 0.6) is 0 Å². The summed E-state index contributed by atoms with van der Waals surface area (Å²) in [4.78, 5) is 20.0. The molecule has 0 radical (unpaired) electrons. The molecule has 4 heterocycles. The Balaban J connectivity index is 1.28. The third-order valence-corrected chi connectivity index (χ3v) is 6.52. The molecule has 3 aromatic heterocycles. The van der Waals surface area contributed by atoms with Gasteiger partial charge in [0.1, 0.15) is 12.1 Å². The second kappa shape index (κ2) is 6.92. The highest BCUT2D eigenvalue weighted by Gasteiger charge is 2.23. The molecular formula is C19H23N7S. The molecular weight excluding hydrogens is 358 g/mol. The van der Waals surface area contributed by atoms with Crippen molar-refractivity contribution in [2.75, 3.05) is 36.0 Å². The SMILES string of the molecule is Cc1ccn(-c2cc(N3CCN(c4nc5c(s4)CCCC5)CC3)ncn2)n1. The van der Waals surface area contributed by atoms with Crippen molar-refractivity contribution in [3.8, 4) is 5.82 Å². The summed E-state index contributed by atoms with van der Waals surface area (Å²) in [6.07, 6.45) is 8.53.